The number of isothiocyanates is 2. The molecule has 0 saturated heterocycles. The molecule has 0 heterocycles. The van der Waals surface area contributed by atoms with Gasteiger partial charge in [0.05, 0.1) is 63.1 Å². The molecule has 0 amide bonds. The first-order valence-electron chi connectivity index (χ1n) is 5.22. The minimum Gasteiger partial charge on any atom is -0.377 e. The highest BCUT2D eigenvalue weighted by molar-refractivity contribution is 7.78. The third-order valence-corrected chi connectivity index (χ3v) is 1.83. The van der Waals surface area contributed by atoms with Crippen molar-refractivity contribution in [3.63, 3.8) is 0 Å². The Morgan fingerprint density at radius 3 is 1.35 bits per heavy atom. The third kappa shape index (κ3) is 15.5. The maximum Gasteiger partial charge on any atom is 0.0727 e. The first-order valence-corrected chi connectivity index (χ1v) is 6.04. The summed E-state index contributed by atoms with van der Waals surface area (Å²) in [6.45, 7) is 4.36. The van der Waals surface area contributed by atoms with Crippen molar-refractivity contribution in [3.05, 3.63) is 0 Å². The van der Waals surface area contributed by atoms with Gasteiger partial charge in [0.25, 0.3) is 0 Å². The molecule has 0 aliphatic heterocycles. The van der Waals surface area contributed by atoms with Crippen LogP contribution in [0.3, 0.4) is 0 Å². The zero-order valence-electron chi connectivity index (χ0n) is 9.59. The summed E-state index contributed by atoms with van der Waals surface area (Å²) in [5.74, 6) is 0. The smallest absolute Gasteiger partial charge is 0.0727 e. The normalized spacial score (nSPS) is 9.41. The van der Waals surface area contributed by atoms with E-state index in [1.807, 2.05) is 0 Å². The Balaban J connectivity index is 2.98. The molecule has 0 aromatic carbocycles. The van der Waals surface area contributed by atoms with E-state index in [9.17, 15) is 0 Å². The average Bonchev–Trinajstić information content (AvgIpc) is 2.35. The number of rotatable bonds is 12. The predicted octanol–water partition coefficient (Wildman–Crippen LogP) is 1.24. The Bertz CT molecular complexity index is 238. The van der Waals surface area contributed by atoms with Crippen LogP contribution in [0.15, 0.2) is 9.98 Å². The van der Waals surface area contributed by atoms with Crippen LogP contribution < -0.4 is 0 Å². The van der Waals surface area contributed by atoms with E-state index >= 15 is 0 Å². The zero-order chi connectivity index (χ0) is 12.6. The van der Waals surface area contributed by atoms with Crippen molar-refractivity contribution in [1.29, 1.82) is 0 Å². The Morgan fingerprint density at radius 1 is 0.647 bits per heavy atom. The summed E-state index contributed by atoms with van der Waals surface area (Å²) in [5, 5.41) is 4.54. The second kappa shape index (κ2) is 15.5. The van der Waals surface area contributed by atoms with Crippen LogP contribution in [0.5, 0.6) is 0 Å². The number of aliphatic imine (C=N–C) groups is 2. The van der Waals surface area contributed by atoms with Gasteiger partial charge in [-0.15, -0.1) is 0 Å². The lowest BCUT2D eigenvalue weighted by Crippen LogP contribution is -2.11. The predicted molar refractivity (Wildman–Crippen MR) is 72.2 cm³/mol. The van der Waals surface area contributed by atoms with E-state index < -0.39 is 0 Å². The number of ether oxygens (including phenoxy) is 3. The maximum absolute atomic E-state index is 5.26. The van der Waals surface area contributed by atoms with E-state index in [-0.39, 0.29) is 0 Å². The molecule has 0 saturated carbocycles. The van der Waals surface area contributed by atoms with Crippen molar-refractivity contribution >= 4 is 34.8 Å². The molecule has 0 aliphatic rings. The monoisotopic (exact) mass is 276 g/mol. The molecule has 96 valence electrons. The van der Waals surface area contributed by atoms with Gasteiger partial charge < -0.3 is 14.2 Å². The standard InChI is InChI=1S/C10H16N2O3S2/c16-9-11-1-3-13-5-7-15-8-6-14-4-2-12-10-17/h1-8H2. The van der Waals surface area contributed by atoms with Crippen molar-refractivity contribution in [2.45, 2.75) is 0 Å². The quantitative estimate of drug-likeness (QED) is 0.305. The molecule has 0 aliphatic carbocycles. The second-order valence-electron chi connectivity index (χ2n) is 2.78. The summed E-state index contributed by atoms with van der Waals surface area (Å²) in [5.41, 5.74) is 0. The summed E-state index contributed by atoms with van der Waals surface area (Å²) in [6, 6.07) is 0. The molecule has 0 N–H and O–H groups in total. The van der Waals surface area contributed by atoms with Gasteiger partial charge in [-0.05, 0) is 24.4 Å². The Labute approximate surface area is 112 Å². The molecule has 0 spiro atoms. The van der Waals surface area contributed by atoms with E-state index in [4.69, 9.17) is 14.2 Å². The van der Waals surface area contributed by atoms with Crippen LogP contribution in [-0.2, 0) is 14.2 Å². The SMILES string of the molecule is S=C=NCCOCCOCCOCCN=C=S. The van der Waals surface area contributed by atoms with Crippen LogP contribution in [0.4, 0.5) is 0 Å². The Kier molecular flexibility index (Phi) is 15.0. The Morgan fingerprint density at radius 2 is 1.00 bits per heavy atom. The molecule has 5 nitrogen and oxygen atoms in total. The molecular weight excluding hydrogens is 260 g/mol. The van der Waals surface area contributed by atoms with E-state index in [1.54, 1.807) is 0 Å². The molecule has 0 fully saturated rings. The second-order valence-corrected chi connectivity index (χ2v) is 3.15. The molecule has 7 heteroatoms. The lowest BCUT2D eigenvalue weighted by molar-refractivity contribution is 0.0176. The fourth-order valence-electron chi connectivity index (χ4n) is 0.854. The van der Waals surface area contributed by atoms with Crippen molar-refractivity contribution in [1.82, 2.24) is 0 Å². The highest BCUT2D eigenvalue weighted by Crippen LogP contribution is 1.82. The van der Waals surface area contributed by atoms with Gasteiger partial charge in [-0.3, -0.25) is 0 Å². The molecule has 0 atom stereocenters. The van der Waals surface area contributed by atoms with Crippen LogP contribution in [0.2, 0.25) is 0 Å². The third-order valence-electron chi connectivity index (χ3n) is 1.57. The molecule has 0 radical (unpaired) electrons. The van der Waals surface area contributed by atoms with Gasteiger partial charge in [-0.25, -0.2) is 9.98 Å². The van der Waals surface area contributed by atoms with Crippen LogP contribution in [0.1, 0.15) is 0 Å². The summed E-state index contributed by atoms with van der Waals surface area (Å²) in [6.07, 6.45) is 0. The van der Waals surface area contributed by atoms with Gasteiger partial charge in [0.2, 0.25) is 0 Å². The molecule has 0 unspecified atom stereocenters. The minimum atomic E-state index is 0.541. The van der Waals surface area contributed by atoms with Crippen molar-refractivity contribution in [2.24, 2.45) is 9.98 Å². The van der Waals surface area contributed by atoms with Crippen molar-refractivity contribution in [3.8, 4) is 0 Å². The van der Waals surface area contributed by atoms with Crippen molar-refractivity contribution in [2.75, 3.05) is 52.7 Å². The fraction of sp³-hybridized carbons (Fsp3) is 0.800. The van der Waals surface area contributed by atoms with Crippen LogP contribution >= 0.6 is 24.4 Å². The fourth-order valence-corrected chi connectivity index (χ4v) is 1.04. The molecule has 0 aromatic heterocycles. The van der Waals surface area contributed by atoms with Crippen molar-refractivity contribution < 1.29 is 14.2 Å². The topological polar surface area (TPSA) is 52.4 Å². The molecule has 0 aromatic rings. The number of hydrogen-bond donors (Lipinski definition) is 0. The largest absolute Gasteiger partial charge is 0.377 e. The van der Waals surface area contributed by atoms with E-state index in [0.29, 0.717) is 52.7 Å². The maximum atomic E-state index is 5.26. The lowest BCUT2D eigenvalue weighted by Gasteiger charge is -2.05. The average molecular weight is 276 g/mol. The number of thiocarbonyl (C=S) groups is 2. The van der Waals surface area contributed by atoms with E-state index in [0.717, 1.165) is 0 Å². The summed E-state index contributed by atoms with van der Waals surface area (Å²) >= 11 is 8.82. The highest BCUT2D eigenvalue weighted by Gasteiger charge is 1.90. The summed E-state index contributed by atoms with van der Waals surface area (Å²) in [7, 11) is 0. The van der Waals surface area contributed by atoms with Gasteiger partial charge in [-0.2, -0.15) is 0 Å². The zero-order valence-corrected chi connectivity index (χ0v) is 11.2. The molecule has 0 bridgehead atoms. The molecule has 17 heavy (non-hydrogen) atoms. The van der Waals surface area contributed by atoms with Gasteiger partial charge in [-0.1, -0.05) is 0 Å². The Hall–Kier alpha value is -0.520. The van der Waals surface area contributed by atoms with E-state index in [2.05, 4.69) is 44.7 Å². The first-order chi connectivity index (χ1) is 8.41. The highest BCUT2D eigenvalue weighted by atomic mass is 32.1. The van der Waals surface area contributed by atoms with Crippen LogP contribution in [-0.4, -0.2) is 63.1 Å². The summed E-state index contributed by atoms with van der Waals surface area (Å²) in [4.78, 5) is 7.42. The van der Waals surface area contributed by atoms with Gasteiger partial charge in [0.15, 0.2) is 0 Å². The first kappa shape index (κ1) is 16.5. The lowest BCUT2D eigenvalue weighted by atomic mass is 10.6. The van der Waals surface area contributed by atoms with Gasteiger partial charge >= 0.3 is 0 Å². The minimum absolute atomic E-state index is 0.541. The van der Waals surface area contributed by atoms with Gasteiger partial charge in [0, 0.05) is 0 Å². The summed E-state index contributed by atoms with van der Waals surface area (Å²) < 4.78 is 15.7. The molecular formula is C10H16N2O3S2. The molecule has 0 rings (SSSR count). The van der Waals surface area contributed by atoms with Gasteiger partial charge in [0.1, 0.15) is 0 Å². The van der Waals surface area contributed by atoms with E-state index in [1.165, 1.54) is 0 Å². The number of nitrogens with zero attached hydrogens (tertiary/aromatic N) is 2. The van der Waals surface area contributed by atoms with Crippen LogP contribution in [0, 0.1) is 0 Å². The van der Waals surface area contributed by atoms with Crippen LogP contribution in [0.25, 0.3) is 0 Å². The number of hydrogen-bond acceptors (Lipinski definition) is 7.